The van der Waals surface area contributed by atoms with E-state index in [1.165, 1.54) is 0 Å². The Balaban J connectivity index is 1.47. The Morgan fingerprint density at radius 3 is 2.67 bits per heavy atom. The Morgan fingerprint density at radius 1 is 1.06 bits per heavy atom. The smallest absolute Gasteiger partial charge is 0.343 e. The molecule has 1 aliphatic heterocycles. The number of Topliss-reactive ketones (excluding diaryl/α,β-unsaturated/α-hetero) is 1. The fourth-order valence-electron chi connectivity index (χ4n) is 4.20. The highest BCUT2D eigenvalue weighted by atomic mass is 16.5. The van der Waals surface area contributed by atoms with Crippen LogP contribution in [-0.2, 0) is 6.54 Å². The lowest BCUT2D eigenvalue weighted by atomic mass is 10.1. The summed E-state index contributed by atoms with van der Waals surface area (Å²) in [5.41, 5.74) is 4.56. The minimum atomic E-state index is -0.450. The molecule has 0 saturated carbocycles. The highest BCUT2D eigenvalue weighted by Gasteiger charge is 2.31. The van der Waals surface area contributed by atoms with Crippen molar-refractivity contribution in [1.82, 2.24) is 4.57 Å². The van der Waals surface area contributed by atoms with Crippen molar-refractivity contribution in [2.24, 2.45) is 0 Å². The Hall–Kier alpha value is -4.12. The molecule has 0 radical (unpaired) electrons. The van der Waals surface area contributed by atoms with Gasteiger partial charge in [-0.3, -0.25) is 4.79 Å². The number of allylic oxidation sites excluding steroid dienone is 1. The summed E-state index contributed by atoms with van der Waals surface area (Å²) in [5.74, 6) is 0.429. The van der Waals surface area contributed by atoms with E-state index >= 15 is 0 Å². The number of hydrogen-bond donors (Lipinski definition) is 0. The lowest BCUT2D eigenvalue weighted by molar-refractivity contribution is 0.0733. The number of ketones is 1. The maximum atomic E-state index is 13.1. The van der Waals surface area contributed by atoms with Gasteiger partial charge >= 0.3 is 5.97 Å². The van der Waals surface area contributed by atoms with E-state index in [9.17, 15) is 9.59 Å². The molecule has 33 heavy (non-hydrogen) atoms. The lowest BCUT2D eigenvalue weighted by Gasteiger charge is -2.10. The first-order valence-corrected chi connectivity index (χ1v) is 10.9. The molecule has 0 atom stereocenters. The van der Waals surface area contributed by atoms with Crippen molar-refractivity contribution >= 4 is 28.7 Å². The van der Waals surface area contributed by atoms with Crippen LogP contribution in [0.4, 0.5) is 0 Å². The fourth-order valence-corrected chi connectivity index (χ4v) is 4.20. The summed E-state index contributed by atoms with van der Waals surface area (Å²) in [6.45, 7) is 6.62. The van der Waals surface area contributed by atoms with Gasteiger partial charge in [-0.15, -0.1) is 0 Å². The average molecular weight is 437 g/mol. The number of carbonyl (C=O) groups excluding carboxylic acids is 2. The topological polar surface area (TPSA) is 57.5 Å². The van der Waals surface area contributed by atoms with Crippen LogP contribution in [0.5, 0.6) is 11.5 Å². The third kappa shape index (κ3) is 3.61. The van der Waals surface area contributed by atoms with Gasteiger partial charge in [-0.2, -0.15) is 0 Å². The zero-order valence-corrected chi connectivity index (χ0v) is 18.7. The van der Waals surface area contributed by atoms with Crippen LogP contribution in [0.2, 0.25) is 0 Å². The first kappa shape index (κ1) is 20.8. The maximum Gasteiger partial charge on any atom is 0.343 e. The molecule has 4 aromatic rings. The first-order chi connectivity index (χ1) is 16.0. The Kier molecular flexibility index (Phi) is 5.09. The predicted molar refractivity (Wildman–Crippen MR) is 128 cm³/mol. The Morgan fingerprint density at radius 2 is 1.88 bits per heavy atom. The van der Waals surface area contributed by atoms with E-state index in [0.29, 0.717) is 28.2 Å². The molecular formula is C28H23NO4. The third-order valence-corrected chi connectivity index (χ3v) is 5.94. The summed E-state index contributed by atoms with van der Waals surface area (Å²) < 4.78 is 13.8. The van der Waals surface area contributed by atoms with Crippen LogP contribution in [0.25, 0.3) is 17.0 Å². The molecule has 0 saturated heterocycles. The van der Waals surface area contributed by atoms with Crippen molar-refractivity contribution in [3.05, 3.63) is 100 Å². The van der Waals surface area contributed by atoms with Crippen molar-refractivity contribution < 1.29 is 19.1 Å². The van der Waals surface area contributed by atoms with Gasteiger partial charge in [0.25, 0.3) is 0 Å². The molecule has 5 nitrogen and oxygen atoms in total. The van der Waals surface area contributed by atoms with Crippen molar-refractivity contribution in [3.63, 3.8) is 0 Å². The van der Waals surface area contributed by atoms with Crippen LogP contribution in [0.1, 0.15) is 44.3 Å². The fraction of sp³-hybridized carbons (Fsp3) is 0.143. The van der Waals surface area contributed by atoms with Crippen molar-refractivity contribution in [2.45, 2.75) is 27.3 Å². The van der Waals surface area contributed by atoms with Gasteiger partial charge in [0.2, 0.25) is 5.78 Å². The number of rotatable bonds is 4. The number of aromatic nitrogens is 1. The molecular weight excluding hydrogens is 414 g/mol. The molecule has 0 N–H and O–H groups in total. The summed E-state index contributed by atoms with van der Waals surface area (Å²) in [4.78, 5) is 25.7. The van der Waals surface area contributed by atoms with Crippen molar-refractivity contribution in [3.8, 4) is 11.5 Å². The number of esters is 1. The molecule has 0 fully saturated rings. The molecule has 0 aliphatic carbocycles. The van der Waals surface area contributed by atoms with E-state index < -0.39 is 5.97 Å². The highest BCUT2D eigenvalue weighted by molar-refractivity contribution is 6.15. The highest BCUT2D eigenvalue weighted by Crippen LogP contribution is 2.40. The predicted octanol–water partition coefficient (Wildman–Crippen LogP) is 6.11. The van der Waals surface area contributed by atoms with Gasteiger partial charge in [0.1, 0.15) is 11.5 Å². The monoisotopic (exact) mass is 437 g/mol. The molecule has 164 valence electrons. The van der Waals surface area contributed by atoms with E-state index in [1.54, 1.807) is 37.3 Å². The number of carbonyl (C=O) groups is 2. The van der Waals surface area contributed by atoms with Crippen LogP contribution in [-0.4, -0.2) is 16.3 Å². The van der Waals surface area contributed by atoms with Gasteiger partial charge in [-0.05, 0) is 57.2 Å². The molecule has 5 rings (SSSR count). The minimum absolute atomic E-state index is 0.182. The van der Waals surface area contributed by atoms with Gasteiger partial charge in [0, 0.05) is 34.8 Å². The number of aryl methyl sites for hydroxylation is 2. The maximum absolute atomic E-state index is 13.1. The molecule has 0 spiro atoms. The van der Waals surface area contributed by atoms with Crippen LogP contribution in [0.15, 0.2) is 72.6 Å². The van der Waals surface area contributed by atoms with Gasteiger partial charge in [0.05, 0.1) is 11.1 Å². The quantitative estimate of drug-likeness (QED) is 0.219. The molecule has 0 amide bonds. The molecule has 3 aromatic carbocycles. The normalized spacial score (nSPS) is 13.9. The minimum Gasteiger partial charge on any atom is -0.452 e. The van der Waals surface area contributed by atoms with Crippen molar-refractivity contribution in [1.29, 1.82) is 0 Å². The molecule has 1 aliphatic rings. The van der Waals surface area contributed by atoms with Gasteiger partial charge < -0.3 is 14.0 Å². The van der Waals surface area contributed by atoms with E-state index in [1.807, 2.05) is 43.5 Å². The Bertz CT molecular complexity index is 1460. The van der Waals surface area contributed by atoms with Gasteiger partial charge in [-0.1, -0.05) is 35.9 Å². The molecule has 1 aromatic heterocycles. The summed E-state index contributed by atoms with van der Waals surface area (Å²) in [5, 5.41) is 1.06. The number of hydrogen-bond acceptors (Lipinski definition) is 4. The van der Waals surface area contributed by atoms with Crippen LogP contribution < -0.4 is 9.47 Å². The molecule has 0 bridgehead atoms. The van der Waals surface area contributed by atoms with Crippen molar-refractivity contribution in [2.75, 3.05) is 0 Å². The van der Waals surface area contributed by atoms with Gasteiger partial charge in [0.15, 0.2) is 5.76 Å². The second kappa shape index (κ2) is 8.10. The number of ether oxygens (including phenoxy) is 2. The molecule has 0 unspecified atom stereocenters. The summed E-state index contributed by atoms with van der Waals surface area (Å²) in [6, 6.07) is 18.6. The SMILES string of the molecule is CCn1cc(/C=C2\Oc3c(ccc(OC(=O)c4cccc(C)c4)c3C)C2=O)c2ccccc21. The number of benzene rings is 3. The molecule has 5 heteroatoms. The largest absolute Gasteiger partial charge is 0.452 e. The Labute approximate surface area is 191 Å². The number of fused-ring (bicyclic) bond motifs is 2. The zero-order chi connectivity index (χ0) is 23.1. The summed E-state index contributed by atoms with van der Waals surface area (Å²) in [7, 11) is 0. The van der Waals surface area contributed by atoms with Crippen LogP contribution >= 0.6 is 0 Å². The van der Waals surface area contributed by atoms with E-state index in [-0.39, 0.29) is 11.5 Å². The van der Waals surface area contributed by atoms with E-state index in [4.69, 9.17) is 9.47 Å². The zero-order valence-electron chi connectivity index (χ0n) is 18.7. The summed E-state index contributed by atoms with van der Waals surface area (Å²) in [6.07, 6.45) is 3.81. The second-order valence-corrected chi connectivity index (χ2v) is 8.15. The second-order valence-electron chi connectivity index (χ2n) is 8.15. The van der Waals surface area contributed by atoms with E-state index in [2.05, 4.69) is 17.6 Å². The lowest BCUT2D eigenvalue weighted by Crippen LogP contribution is -2.09. The molecule has 2 heterocycles. The van der Waals surface area contributed by atoms with E-state index in [0.717, 1.165) is 28.6 Å². The van der Waals surface area contributed by atoms with Crippen LogP contribution in [0.3, 0.4) is 0 Å². The van der Waals surface area contributed by atoms with Gasteiger partial charge in [-0.25, -0.2) is 4.79 Å². The third-order valence-electron chi connectivity index (χ3n) is 5.94. The van der Waals surface area contributed by atoms with Crippen LogP contribution in [0, 0.1) is 13.8 Å². The average Bonchev–Trinajstić information content (AvgIpc) is 3.34. The summed E-state index contributed by atoms with van der Waals surface area (Å²) >= 11 is 0. The number of nitrogens with zero attached hydrogens (tertiary/aromatic N) is 1. The number of para-hydroxylation sites is 1. The first-order valence-electron chi connectivity index (χ1n) is 10.9. The standard InChI is InChI=1S/C28H23NO4/c1-4-29-16-20(21-10-5-6-11-23(21)29)15-25-26(30)22-12-13-24(18(3)27(22)32-25)33-28(31)19-9-7-8-17(2)14-19/h5-16H,4H2,1-3H3/b25-15-.